The Balaban J connectivity index is 1.09. The largest absolute Gasteiger partial charge is 0.309 e. The highest BCUT2D eigenvalue weighted by Crippen LogP contribution is 2.45. The van der Waals surface area contributed by atoms with Crippen molar-refractivity contribution >= 4 is 70.8 Å². The monoisotopic (exact) mass is 699 g/mol. The molecule has 8 aromatic carbocycles. The fraction of sp³-hybridized carbons (Fsp3) is 0. The molecule has 3 aromatic heterocycles. The number of ketones is 1. The minimum atomic E-state index is -0.0678. The van der Waals surface area contributed by atoms with Crippen molar-refractivity contribution in [3.05, 3.63) is 187 Å². The lowest BCUT2D eigenvalue weighted by molar-refractivity contribution is 0.103. The van der Waals surface area contributed by atoms with Gasteiger partial charge in [0.2, 0.25) is 5.78 Å². The molecular weight excluding hydrogens is 671 g/mol. The molecule has 254 valence electrons. The Morgan fingerprint density at radius 2 is 1.13 bits per heavy atom. The maximum absolute atomic E-state index is 14.3. The zero-order valence-electron chi connectivity index (χ0n) is 29.5. The molecule has 3 heterocycles. The van der Waals surface area contributed by atoms with Crippen molar-refractivity contribution in [3.63, 3.8) is 0 Å². The molecule has 0 atom stereocenters. The van der Waals surface area contributed by atoms with Crippen LogP contribution < -0.4 is 0 Å². The van der Waals surface area contributed by atoms with Gasteiger partial charge >= 0.3 is 0 Å². The molecule has 0 fully saturated rings. The first-order valence-corrected chi connectivity index (χ1v) is 18.6. The van der Waals surface area contributed by atoms with E-state index in [-0.39, 0.29) is 5.78 Å². The quantitative estimate of drug-likeness (QED) is 0.173. The number of pyridine rings is 2. The number of carbonyl (C=O) groups is 1. The number of hydrogen-bond donors (Lipinski definition) is 0. The normalized spacial score (nSPS) is 12.4. The van der Waals surface area contributed by atoms with Crippen LogP contribution in [0.4, 0.5) is 0 Å². The topological polar surface area (TPSA) is 47.8 Å². The Hall–Kier alpha value is -7.43. The Bertz CT molecular complexity index is 3450. The second kappa shape index (κ2) is 11.3. The Labute approximate surface area is 315 Å². The molecule has 0 aliphatic heterocycles. The van der Waals surface area contributed by atoms with Crippen molar-refractivity contribution in [2.24, 2.45) is 0 Å². The molecule has 12 rings (SSSR count). The van der Waals surface area contributed by atoms with Crippen molar-refractivity contribution in [2.75, 3.05) is 0 Å². The number of para-hydroxylation sites is 2. The predicted molar refractivity (Wildman–Crippen MR) is 226 cm³/mol. The summed E-state index contributed by atoms with van der Waals surface area (Å²) >= 11 is 0. The summed E-state index contributed by atoms with van der Waals surface area (Å²) in [5.41, 5.74) is 11.4. The lowest BCUT2D eigenvalue weighted by atomic mass is 9.85. The summed E-state index contributed by atoms with van der Waals surface area (Å²) in [4.78, 5) is 24.2. The average Bonchev–Trinajstić information content (AvgIpc) is 3.59. The minimum absolute atomic E-state index is 0.0678. The standard InChI is InChI=1S/C51H29N3O/c55-51-39-22-20-33(32-19-18-30-10-4-5-11-31(30)26-32)27-43(39)49-48-38(24-25-52-49)42-28-34(21-23-44(42)53-50(48)51)41-29-46-47(37-15-7-6-14-36(37)41)40-16-8-9-17-45(40)54(46)35-12-2-1-3-13-35/h1-29H. The van der Waals surface area contributed by atoms with E-state index in [1.165, 1.54) is 37.8 Å². The van der Waals surface area contributed by atoms with Crippen molar-refractivity contribution < 1.29 is 4.79 Å². The summed E-state index contributed by atoms with van der Waals surface area (Å²) in [6.07, 6.45) is 1.87. The molecule has 4 heteroatoms. The lowest BCUT2D eigenvalue weighted by Crippen LogP contribution is -2.13. The van der Waals surface area contributed by atoms with Crippen LogP contribution in [0.15, 0.2) is 176 Å². The zero-order valence-corrected chi connectivity index (χ0v) is 29.5. The predicted octanol–water partition coefficient (Wildman–Crippen LogP) is 12.7. The van der Waals surface area contributed by atoms with Crippen molar-refractivity contribution in [3.8, 4) is 39.2 Å². The zero-order chi connectivity index (χ0) is 36.2. The van der Waals surface area contributed by atoms with Gasteiger partial charge in [-0.25, -0.2) is 4.98 Å². The van der Waals surface area contributed by atoms with Gasteiger partial charge in [-0.15, -0.1) is 0 Å². The molecule has 0 bridgehead atoms. The molecule has 1 aliphatic rings. The molecular formula is C51H29N3O. The summed E-state index contributed by atoms with van der Waals surface area (Å²) in [7, 11) is 0. The minimum Gasteiger partial charge on any atom is -0.309 e. The molecule has 0 unspecified atom stereocenters. The van der Waals surface area contributed by atoms with Crippen LogP contribution in [-0.4, -0.2) is 20.3 Å². The number of nitrogens with zero attached hydrogens (tertiary/aromatic N) is 3. The van der Waals surface area contributed by atoms with Gasteiger partial charge in [0, 0.05) is 44.6 Å². The van der Waals surface area contributed by atoms with E-state index in [2.05, 4.69) is 156 Å². The van der Waals surface area contributed by atoms with Gasteiger partial charge in [0.15, 0.2) is 0 Å². The van der Waals surface area contributed by atoms with Crippen LogP contribution in [0.1, 0.15) is 16.1 Å². The summed E-state index contributed by atoms with van der Waals surface area (Å²) in [6, 6.07) is 59.8. The van der Waals surface area contributed by atoms with Gasteiger partial charge in [-0.3, -0.25) is 9.78 Å². The van der Waals surface area contributed by atoms with E-state index in [1.54, 1.807) is 0 Å². The third kappa shape index (κ3) is 4.31. The van der Waals surface area contributed by atoms with Crippen molar-refractivity contribution in [1.82, 2.24) is 14.5 Å². The van der Waals surface area contributed by atoms with Crippen molar-refractivity contribution in [1.29, 1.82) is 0 Å². The molecule has 0 N–H and O–H groups in total. The highest BCUT2D eigenvalue weighted by molar-refractivity contribution is 6.28. The van der Waals surface area contributed by atoms with Crippen LogP contribution in [0.2, 0.25) is 0 Å². The Morgan fingerprint density at radius 3 is 2.02 bits per heavy atom. The highest BCUT2D eigenvalue weighted by atomic mass is 16.1. The number of rotatable bonds is 3. The fourth-order valence-electron chi connectivity index (χ4n) is 9.03. The van der Waals surface area contributed by atoms with Crippen LogP contribution in [0.25, 0.3) is 104 Å². The molecule has 0 amide bonds. The molecule has 0 saturated carbocycles. The van der Waals surface area contributed by atoms with Gasteiger partial charge in [-0.2, -0.15) is 0 Å². The number of benzene rings is 8. The average molecular weight is 700 g/mol. The highest BCUT2D eigenvalue weighted by Gasteiger charge is 2.29. The van der Waals surface area contributed by atoms with E-state index in [1.807, 2.05) is 24.4 Å². The van der Waals surface area contributed by atoms with Gasteiger partial charge in [0.05, 0.1) is 22.2 Å². The smallest absolute Gasteiger partial charge is 0.212 e. The first-order valence-electron chi connectivity index (χ1n) is 18.6. The molecule has 4 nitrogen and oxygen atoms in total. The number of aromatic nitrogens is 3. The fourth-order valence-corrected chi connectivity index (χ4v) is 9.03. The second-order valence-corrected chi connectivity index (χ2v) is 14.5. The van der Waals surface area contributed by atoms with Gasteiger partial charge in [0.25, 0.3) is 0 Å². The molecule has 11 aromatic rings. The number of carbonyl (C=O) groups excluding carboxylic acids is 1. The molecule has 0 radical (unpaired) electrons. The van der Waals surface area contributed by atoms with E-state index in [0.29, 0.717) is 11.3 Å². The maximum Gasteiger partial charge on any atom is 0.212 e. The summed E-state index contributed by atoms with van der Waals surface area (Å²) < 4.78 is 2.38. The van der Waals surface area contributed by atoms with E-state index < -0.39 is 0 Å². The van der Waals surface area contributed by atoms with Crippen LogP contribution in [0.3, 0.4) is 0 Å². The summed E-state index contributed by atoms with van der Waals surface area (Å²) in [6.45, 7) is 0. The SMILES string of the molecule is O=C1c2ccc(-c3ccc4ccccc4c3)cc2-c2nccc3c2c1nc1ccc(-c2cc4c(c5ccccc25)c2ccccc2n4-c2ccccc2)cc13. The second-order valence-electron chi connectivity index (χ2n) is 14.5. The van der Waals surface area contributed by atoms with Gasteiger partial charge in [-0.05, 0) is 110 Å². The van der Waals surface area contributed by atoms with Gasteiger partial charge in [-0.1, -0.05) is 109 Å². The Morgan fingerprint density at radius 1 is 0.418 bits per heavy atom. The molecule has 1 aliphatic carbocycles. The molecule has 0 saturated heterocycles. The lowest BCUT2D eigenvalue weighted by Gasteiger charge is -2.20. The number of hydrogen-bond acceptors (Lipinski definition) is 3. The first kappa shape index (κ1) is 30.1. The van der Waals surface area contributed by atoms with Crippen LogP contribution in [-0.2, 0) is 0 Å². The van der Waals surface area contributed by atoms with Crippen LogP contribution >= 0.6 is 0 Å². The Kier molecular flexibility index (Phi) is 6.17. The van der Waals surface area contributed by atoms with Gasteiger partial charge < -0.3 is 4.57 Å². The van der Waals surface area contributed by atoms with E-state index in [9.17, 15) is 4.79 Å². The number of fused-ring (bicyclic) bond motifs is 10. The maximum atomic E-state index is 14.3. The third-order valence-electron chi connectivity index (χ3n) is 11.5. The van der Waals surface area contributed by atoms with Crippen LogP contribution in [0.5, 0.6) is 0 Å². The first-order chi connectivity index (χ1) is 27.2. The summed E-state index contributed by atoms with van der Waals surface area (Å²) in [5.74, 6) is -0.0678. The van der Waals surface area contributed by atoms with E-state index in [0.717, 1.165) is 66.4 Å². The molecule has 55 heavy (non-hydrogen) atoms. The van der Waals surface area contributed by atoms with Gasteiger partial charge in [0.1, 0.15) is 5.69 Å². The molecule has 0 spiro atoms. The van der Waals surface area contributed by atoms with Crippen molar-refractivity contribution in [2.45, 2.75) is 0 Å². The van der Waals surface area contributed by atoms with E-state index >= 15 is 0 Å². The van der Waals surface area contributed by atoms with E-state index in [4.69, 9.17) is 9.97 Å². The third-order valence-corrected chi connectivity index (χ3v) is 11.5. The van der Waals surface area contributed by atoms with Crippen LogP contribution in [0, 0.1) is 0 Å². The summed E-state index contributed by atoms with van der Waals surface area (Å²) in [5, 5.41) is 10.0.